The Labute approximate surface area is 160 Å². The van der Waals surface area contributed by atoms with Gasteiger partial charge < -0.3 is 14.6 Å². The first-order valence-electron chi connectivity index (χ1n) is 7.85. The van der Waals surface area contributed by atoms with E-state index in [1.165, 1.54) is 0 Å². The van der Waals surface area contributed by atoms with Crippen molar-refractivity contribution in [2.45, 2.75) is 20.5 Å². The molecule has 1 amide bonds. The van der Waals surface area contributed by atoms with Crippen LogP contribution >= 0.6 is 23.2 Å². The molecule has 1 N–H and O–H groups in total. The van der Waals surface area contributed by atoms with E-state index in [0.717, 1.165) is 17.0 Å². The summed E-state index contributed by atoms with van der Waals surface area (Å²) in [6.07, 6.45) is 0. The van der Waals surface area contributed by atoms with Gasteiger partial charge in [0.25, 0.3) is 5.91 Å². The molecule has 0 radical (unpaired) electrons. The molecular weight excluding hydrogens is 375 g/mol. The molecule has 0 saturated heterocycles. The maximum Gasteiger partial charge on any atom is 0.255 e. The Kier molecular flexibility index (Phi) is 5.49. The minimum absolute atomic E-state index is 0.272. The number of carbonyl (C=O) groups is 1. The third kappa shape index (κ3) is 4.18. The lowest BCUT2D eigenvalue weighted by Crippen LogP contribution is -2.12. The fraction of sp³-hybridized carbons (Fsp3) is 0.158. The minimum atomic E-state index is -0.272. The van der Waals surface area contributed by atoms with Crippen LogP contribution in [0.25, 0.3) is 0 Å². The summed E-state index contributed by atoms with van der Waals surface area (Å²) in [6.45, 7) is 4.01. The van der Waals surface area contributed by atoms with Gasteiger partial charge in [0.2, 0.25) is 0 Å². The molecule has 3 rings (SSSR count). The number of nitrogens with one attached hydrogen (secondary N) is 1. The zero-order chi connectivity index (χ0) is 18.7. The lowest BCUT2D eigenvalue weighted by atomic mass is 10.2. The minimum Gasteiger partial charge on any atom is -0.489 e. The number of benzene rings is 2. The zero-order valence-corrected chi connectivity index (χ0v) is 15.7. The van der Waals surface area contributed by atoms with E-state index in [4.69, 9.17) is 32.5 Å². The molecule has 0 saturated carbocycles. The Morgan fingerprint density at radius 3 is 2.65 bits per heavy atom. The molecule has 0 bridgehead atoms. The first kappa shape index (κ1) is 18.3. The molecule has 5 nitrogen and oxygen atoms in total. The summed E-state index contributed by atoms with van der Waals surface area (Å²) in [5.74, 6) is 1.02. The second-order valence-electron chi connectivity index (χ2n) is 5.70. The molecule has 26 heavy (non-hydrogen) atoms. The fourth-order valence-corrected chi connectivity index (χ4v) is 2.67. The van der Waals surface area contributed by atoms with Crippen LogP contribution in [0, 0.1) is 13.8 Å². The van der Waals surface area contributed by atoms with Crippen molar-refractivity contribution >= 4 is 34.8 Å². The molecule has 3 aromatic rings. The van der Waals surface area contributed by atoms with Crippen molar-refractivity contribution in [2.75, 3.05) is 5.32 Å². The van der Waals surface area contributed by atoms with Gasteiger partial charge in [0.15, 0.2) is 0 Å². The van der Waals surface area contributed by atoms with Gasteiger partial charge in [0, 0.05) is 11.3 Å². The largest absolute Gasteiger partial charge is 0.489 e. The Bertz CT molecular complexity index is 934. The molecular formula is C19H16Cl2N2O3. The molecule has 2 aromatic carbocycles. The van der Waals surface area contributed by atoms with Crippen molar-refractivity contribution in [2.24, 2.45) is 0 Å². The summed E-state index contributed by atoms with van der Waals surface area (Å²) in [4.78, 5) is 12.4. The molecule has 1 heterocycles. The lowest BCUT2D eigenvalue weighted by molar-refractivity contribution is 0.102. The predicted molar refractivity (Wildman–Crippen MR) is 101 cm³/mol. The van der Waals surface area contributed by atoms with E-state index >= 15 is 0 Å². The highest BCUT2D eigenvalue weighted by atomic mass is 35.5. The van der Waals surface area contributed by atoms with Gasteiger partial charge in [0.05, 0.1) is 21.3 Å². The highest BCUT2D eigenvalue weighted by Gasteiger charge is 2.11. The number of hydrogen-bond donors (Lipinski definition) is 1. The predicted octanol–water partition coefficient (Wildman–Crippen LogP) is 5.43. The maximum absolute atomic E-state index is 12.4. The number of aromatic nitrogens is 1. The average Bonchev–Trinajstić information content (AvgIpc) is 2.94. The number of halogens is 2. The first-order valence-corrected chi connectivity index (χ1v) is 8.60. The number of hydrogen-bond acceptors (Lipinski definition) is 4. The van der Waals surface area contributed by atoms with E-state index in [2.05, 4.69) is 10.5 Å². The van der Waals surface area contributed by atoms with Crippen LogP contribution in [0.1, 0.15) is 27.4 Å². The van der Waals surface area contributed by atoms with Gasteiger partial charge in [-0.25, -0.2) is 0 Å². The van der Waals surface area contributed by atoms with Crippen LogP contribution < -0.4 is 10.1 Å². The van der Waals surface area contributed by atoms with Crippen LogP contribution in [-0.2, 0) is 6.61 Å². The second kappa shape index (κ2) is 7.81. The molecule has 0 spiro atoms. The molecule has 1 aromatic heterocycles. The monoisotopic (exact) mass is 390 g/mol. The average molecular weight is 391 g/mol. The molecule has 0 aliphatic rings. The molecule has 0 fully saturated rings. The number of amides is 1. The highest BCUT2D eigenvalue weighted by molar-refractivity contribution is 6.42. The topological polar surface area (TPSA) is 64.4 Å². The summed E-state index contributed by atoms with van der Waals surface area (Å²) in [5, 5.41) is 7.48. The van der Waals surface area contributed by atoms with E-state index in [-0.39, 0.29) is 5.91 Å². The smallest absolute Gasteiger partial charge is 0.255 e. The number of aryl methyl sites for hydroxylation is 2. The molecule has 0 atom stereocenters. The second-order valence-corrected chi connectivity index (χ2v) is 6.52. The van der Waals surface area contributed by atoms with Crippen molar-refractivity contribution in [1.82, 2.24) is 5.16 Å². The number of anilines is 1. The van der Waals surface area contributed by atoms with Crippen LogP contribution in [0.15, 0.2) is 47.0 Å². The van der Waals surface area contributed by atoms with E-state index in [0.29, 0.717) is 33.7 Å². The summed E-state index contributed by atoms with van der Waals surface area (Å²) in [7, 11) is 0. The third-order valence-electron chi connectivity index (χ3n) is 3.84. The van der Waals surface area contributed by atoms with Gasteiger partial charge in [-0.05, 0) is 50.2 Å². The Morgan fingerprint density at radius 2 is 1.96 bits per heavy atom. The Morgan fingerprint density at radius 1 is 1.15 bits per heavy atom. The normalized spacial score (nSPS) is 10.6. The summed E-state index contributed by atoms with van der Waals surface area (Å²) >= 11 is 11.8. The third-order valence-corrected chi connectivity index (χ3v) is 4.58. The van der Waals surface area contributed by atoms with Gasteiger partial charge in [-0.3, -0.25) is 4.79 Å². The van der Waals surface area contributed by atoms with E-state index in [9.17, 15) is 4.79 Å². The Hall–Kier alpha value is -2.50. The van der Waals surface area contributed by atoms with Gasteiger partial charge in [-0.1, -0.05) is 34.4 Å². The lowest BCUT2D eigenvalue weighted by Gasteiger charge is -2.09. The van der Waals surface area contributed by atoms with Crippen molar-refractivity contribution in [1.29, 1.82) is 0 Å². The number of ether oxygens (including phenoxy) is 1. The highest BCUT2D eigenvalue weighted by Crippen LogP contribution is 2.25. The van der Waals surface area contributed by atoms with E-state index < -0.39 is 0 Å². The maximum atomic E-state index is 12.4. The molecule has 0 aliphatic carbocycles. The molecule has 134 valence electrons. The van der Waals surface area contributed by atoms with Gasteiger partial charge >= 0.3 is 0 Å². The Balaban J connectivity index is 1.70. The summed E-state index contributed by atoms with van der Waals surface area (Å²) < 4.78 is 10.9. The number of rotatable bonds is 5. The SMILES string of the molecule is Cc1noc(C)c1COc1cccc(C(=O)Nc2ccc(Cl)c(Cl)c2)c1. The standard InChI is InChI=1S/C19H16Cl2N2O3/c1-11-16(12(2)26-23-11)10-25-15-5-3-4-13(8-15)19(24)22-14-6-7-17(20)18(21)9-14/h3-9H,10H2,1-2H3,(H,22,24). The number of nitrogens with zero attached hydrogens (tertiary/aromatic N) is 1. The van der Waals surface area contributed by atoms with Crippen LogP contribution in [0.3, 0.4) is 0 Å². The van der Waals surface area contributed by atoms with Crippen molar-refractivity contribution in [3.63, 3.8) is 0 Å². The van der Waals surface area contributed by atoms with E-state index in [1.807, 2.05) is 13.8 Å². The van der Waals surface area contributed by atoms with Gasteiger partial charge in [-0.2, -0.15) is 0 Å². The first-order chi connectivity index (χ1) is 12.4. The quantitative estimate of drug-likeness (QED) is 0.630. The van der Waals surface area contributed by atoms with Crippen LogP contribution in [0.5, 0.6) is 5.75 Å². The summed E-state index contributed by atoms with van der Waals surface area (Å²) in [5.41, 5.74) is 2.71. The van der Waals surface area contributed by atoms with Gasteiger partial charge in [-0.15, -0.1) is 0 Å². The van der Waals surface area contributed by atoms with E-state index in [1.54, 1.807) is 42.5 Å². The van der Waals surface area contributed by atoms with Crippen molar-refractivity contribution in [3.8, 4) is 5.75 Å². The van der Waals surface area contributed by atoms with Crippen molar-refractivity contribution in [3.05, 3.63) is 75.1 Å². The fourth-order valence-electron chi connectivity index (χ4n) is 2.37. The van der Waals surface area contributed by atoms with Crippen LogP contribution in [0.4, 0.5) is 5.69 Å². The van der Waals surface area contributed by atoms with Crippen LogP contribution in [-0.4, -0.2) is 11.1 Å². The molecule has 7 heteroatoms. The van der Waals surface area contributed by atoms with Crippen LogP contribution in [0.2, 0.25) is 10.0 Å². The molecule has 0 aliphatic heterocycles. The molecule has 0 unspecified atom stereocenters. The van der Waals surface area contributed by atoms with Gasteiger partial charge in [0.1, 0.15) is 18.1 Å². The summed E-state index contributed by atoms with van der Waals surface area (Å²) in [6, 6.07) is 11.8. The number of carbonyl (C=O) groups excluding carboxylic acids is 1. The zero-order valence-electron chi connectivity index (χ0n) is 14.2. The van der Waals surface area contributed by atoms with Crippen molar-refractivity contribution < 1.29 is 14.1 Å².